The molecule has 116 valence electrons. The number of nitrogens with one attached hydrogen (secondary N) is 2. The lowest BCUT2D eigenvalue weighted by molar-refractivity contribution is -0.119. The molecule has 3 amide bonds. The second kappa shape index (κ2) is 7.35. The van der Waals surface area contributed by atoms with E-state index in [4.69, 9.17) is 0 Å². The van der Waals surface area contributed by atoms with Gasteiger partial charge in [0.05, 0.1) is 0 Å². The third kappa shape index (κ3) is 4.66. The summed E-state index contributed by atoms with van der Waals surface area (Å²) in [6.45, 7) is 4.81. The molecule has 0 unspecified atom stereocenters. The van der Waals surface area contributed by atoms with Crippen molar-refractivity contribution in [1.29, 1.82) is 0 Å². The molecule has 2 N–H and O–H groups in total. The normalized spacial score (nSPS) is 18.4. The number of hydrogen-bond acceptors (Lipinski definition) is 5. The largest absolute Gasteiger partial charge is 0.352 e. The van der Waals surface area contributed by atoms with Crippen molar-refractivity contribution in [3.05, 3.63) is 5.01 Å². The Morgan fingerprint density at radius 3 is 2.95 bits per heavy atom. The molecule has 8 heteroatoms. The van der Waals surface area contributed by atoms with Gasteiger partial charge in [0.2, 0.25) is 11.0 Å². The van der Waals surface area contributed by atoms with Gasteiger partial charge in [-0.15, -0.1) is 10.2 Å². The number of anilines is 1. The summed E-state index contributed by atoms with van der Waals surface area (Å²) in [4.78, 5) is 25.0. The highest BCUT2D eigenvalue weighted by atomic mass is 32.1. The fourth-order valence-electron chi connectivity index (χ4n) is 2.36. The van der Waals surface area contributed by atoms with Crippen molar-refractivity contribution in [2.45, 2.75) is 45.6 Å². The molecule has 0 bridgehead atoms. The van der Waals surface area contributed by atoms with Crippen LogP contribution >= 0.6 is 11.3 Å². The molecular formula is C13H21N5O2S. The fraction of sp³-hybridized carbons (Fsp3) is 0.692. The minimum Gasteiger partial charge on any atom is -0.352 e. The molecule has 2 heterocycles. The number of carbonyl (C=O) groups excluding carboxylic acids is 2. The van der Waals surface area contributed by atoms with Gasteiger partial charge in [-0.1, -0.05) is 18.3 Å². The first-order valence-corrected chi connectivity index (χ1v) is 8.05. The second-order valence-corrected chi connectivity index (χ2v) is 6.23. The molecule has 0 aromatic carbocycles. The molecule has 21 heavy (non-hydrogen) atoms. The number of aryl methyl sites for hydroxylation is 1. The van der Waals surface area contributed by atoms with Crippen LogP contribution in [0, 0.1) is 0 Å². The number of carbonyl (C=O) groups is 2. The Morgan fingerprint density at radius 2 is 2.24 bits per heavy atom. The molecule has 1 fully saturated rings. The topological polar surface area (TPSA) is 87.2 Å². The Kier molecular flexibility index (Phi) is 5.49. The minimum absolute atomic E-state index is 0.0343. The molecular weight excluding hydrogens is 290 g/mol. The zero-order chi connectivity index (χ0) is 15.2. The first-order chi connectivity index (χ1) is 10.1. The molecule has 1 aliphatic heterocycles. The first kappa shape index (κ1) is 15.7. The van der Waals surface area contributed by atoms with Gasteiger partial charge < -0.3 is 10.2 Å². The third-order valence-corrected chi connectivity index (χ3v) is 4.16. The van der Waals surface area contributed by atoms with Crippen LogP contribution in [0.4, 0.5) is 9.93 Å². The van der Waals surface area contributed by atoms with E-state index in [1.165, 1.54) is 18.3 Å². The van der Waals surface area contributed by atoms with Crippen LogP contribution < -0.4 is 10.6 Å². The molecule has 0 aliphatic carbocycles. The van der Waals surface area contributed by atoms with E-state index < -0.39 is 0 Å². The van der Waals surface area contributed by atoms with E-state index in [0.29, 0.717) is 18.2 Å². The van der Waals surface area contributed by atoms with E-state index in [0.717, 1.165) is 30.7 Å². The zero-order valence-corrected chi connectivity index (χ0v) is 13.2. The van der Waals surface area contributed by atoms with Gasteiger partial charge in [-0.3, -0.25) is 10.1 Å². The first-order valence-electron chi connectivity index (χ1n) is 7.24. The van der Waals surface area contributed by atoms with Gasteiger partial charge in [0.1, 0.15) is 5.01 Å². The summed E-state index contributed by atoms with van der Waals surface area (Å²) in [5.41, 5.74) is 0. The van der Waals surface area contributed by atoms with E-state index in [1.807, 2.05) is 0 Å². The monoisotopic (exact) mass is 311 g/mol. The number of hydrogen-bond donors (Lipinski definition) is 2. The molecule has 0 saturated carbocycles. The van der Waals surface area contributed by atoms with E-state index in [9.17, 15) is 9.59 Å². The molecule has 1 aliphatic rings. The number of amides is 3. The summed E-state index contributed by atoms with van der Waals surface area (Å²) in [6, 6.07) is -0.142. The van der Waals surface area contributed by atoms with Gasteiger partial charge in [0, 0.05) is 32.5 Å². The standard InChI is InChI=1S/C13H21N5O2S/c1-3-5-11-16-17-12(21-11)15-13(20)18-7-4-6-10(8-18)14-9(2)19/h10H,3-8H2,1-2H3,(H,14,19)(H,15,17,20)/t10-/m0/s1. The minimum atomic E-state index is -0.177. The average Bonchev–Trinajstić information content (AvgIpc) is 2.86. The maximum atomic E-state index is 12.2. The van der Waals surface area contributed by atoms with Crippen LogP contribution in [-0.4, -0.2) is 46.2 Å². The Bertz CT molecular complexity index is 505. The molecule has 2 rings (SSSR count). The Hall–Kier alpha value is -1.70. The molecule has 1 aromatic heterocycles. The summed E-state index contributed by atoms with van der Waals surface area (Å²) < 4.78 is 0. The molecule has 0 radical (unpaired) electrons. The summed E-state index contributed by atoms with van der Waals surface area (Å²) >= 11 is 1.41. The lowest BCUT2D eigenvalue weighted by Gasteiger charge is -2.32. The van der Waals surface area contributed by atoms with Crippen LogP contribution in [0.3, 0.4) is 0 Å². The number of piperidine rings is 1. The highest BCUT2D eigenvalue weighted by Crippen LogP contribution is 2.18. The SMILES string of the molecule is CCCc1nnc(NC(=O)N2CCC[C@H](NC(C)=O)C2)s1. The van der Waals surface area contributed by atoms with E-state index in [1.54, 1.807) is 4.90 Å². The van der Waals surface area contributed by atoms with Gasteiger partial charge >= 0.3 is 6.03 Å². The number of urea groups is 1. The Balaban J connectivity index is 1.88. The second-order valence-electron chi connectivity index (χ2n) is 5.17. The average molecular weight is 311 g/mol. The van der Waals surface area contributed by atoms with Crippen LogP contribution in [-0.2, 0) is 11.2 Å². The molecule has 7 nitrogen and oxygen atoms in total. The predicted octanol–water partition coefficient (Wildman–Crippen LogP) is 1.62. The fourth-order valence-corrected chi connectivity index (χ4v) is 3.19. The summed E-state index contributed by atoms with van der Waals surface area (Å²) in [6.07, 6.45) is 3.67. The van der Waals surface area contributed by atoms with E-state index >= 15 is 0 Å². The van der Waals surface area contributed by atoms with Crippen molar-refractivity contribution < 1.29 is 9.59 Å². The number of likely N-dealkylation sites (tertiary alicyclic amines) is 1. The van der Waals surface area contributed by atoms with Crippen molar-refractivity contribution in [2.24, 2.45) is 0 Å². The van der Waals surface area contributed by atoms with Crippen molar-refractivity contribution >= 4 is 28.4 Å². The molecule has 1 saturated heterocycles. The lowest BCUT2D eigenvalue weighted by atomic mass is 10.1. The van der Waals surface area contributed by atoms with Gasteiger partial charge in [0.15, 0.2) is 0 Å². The van der Waals surface area contributed by atoms with Gasteiger partial charge in [-0.2, -0.15) is 0 Å². The van der Waals surface area contributed by atoms with Crippen LogP contribution in [0.1, 0.15) is 38.1 Å². The number of nitrogens with zero attached hydrogens (tertiary/aromatic N) is 3. The van der Waals surface area contributed by atoms with Crippen LogP contribution in [0.15, 0.2) is 0 Å². The zero-order valence-electron chi connectivity index (χ0n) is 12.4. The Morgan fingerprint density at radius 1 is 1.43 bits per heavy atom. The maximum absolute atomic E-state index is 12.2. The highest BCUT2D eigenvalue weighted by molar-refractivity contribution is 7.15. The highest BCUT2D eigenvalue weighted by Gasteiger charge is 2.24. The van der Waals surface area contributed by atoms with Crippen LogP contribution in [0.5, 0.6) is 0 Å². The molecule has 1 aromatic rings. The smallest absolute Gasteiger partial charge is 0.323 e. The van der Waals surface area contributed by atoms with E-state index in [2.05, 4.69) is 27.8 Å². The lowest BCUT2D eigenvalue weighted by Crippen LogP contribution is -2.50. The number of aromatic nitrogens is 2. The van der Waals surface area contributed by atoms with Gasteiger partial charge in [-0.05, 0) is 19.3 Å². The third-order valence-electron chi connectivity index (χ3n) is 3.26. The summed E-state index contributed by atoms with van der Waals surface area (Å²) in [5, 5.41) is 15.1. The summed E-state index contributed by atoms with van der Waals surface area (Å²) in [5.74, 6) is -0.0596. The van der Waals surface area contributed by atoms with Crippen molar-refractivity contribution in [3.63, 3.8) is 0 Å². The van der Waals surface area contributed by atoms with Crippen molar-refractivity contribution in [1.82, 2.24) is 20.4 Å². The number of rotatable bonds is 4. The van der Waals surface area contributed by atoms with Crippen molar-refractivity contribution in [2.75, 3.05) is 18.4 Å². The van der Waals surface area contributed by atoms with Gasteiger partial charge in [-0.25, -0.2) is 4.79 Å². The Labute approximate surface area is 128 Å². The van der Waals surface area contributed by atoms with Crippen molar-refractivity contribution in [3.8, 4) is 0 Å². The van der Waals surface area contributed by atoms with Crippen LogP contribution in [0.25, 0.3) is 0 Å². The van der Waals surface area contributed by atoms with E-state index in [-0.39, 0.29) is 18.0 Å². The summed E-state index contributed by atoms with van der Waals surface area (Å²) in [7, 11) is 0. The quantitative estimate of drug-likeness (QED) is 0.884. The molecule has 0 spiro atoms. The predicted molar refractivity (Wildman–Crippen MR) is 81.3 cm³/mol. The van der Waals surface area contributed by atoms with Crippen LogP contribution in [0.2, 0.25) is 0 Å². The maximum Gasteiger partial charge on any atom is 0.323 e. The van der Waals surface area contributed by atoms with Gasteiger partial charge in [0.25, 0.3) is 0 Å². The molecule has 1 atom stereocenters.